The number of nitrogens with one attached hydrogen (secondary N) is 1. The Kier molecular flexibility index (Phi) is 6.41. The Morgan fingerprint density at radius 1 is 1.19 bits per heavy atom. The normalized spacial score (nSPS) is 17.0. The molecule has 1 atom stereocenters. The topological polar surface area (TPSA) is 88.6 Å². The Balaban J connectivity index is 1.45. The van der Waals surface area contributed by atoms with E-state index in [0.717, 1.165) is 11.3 Å². The van der Waals surface area contributed by atoms with Crippen LogP contribution >= 0.6 is 0 Å². The summed E-state index contributed by atoms with van der Waals surface area (Å²) < 4.78 is 32.8. The smallest absolute Gasteiger partial charge is 0.410 e. The minimum Gasteiger partial charge on any atom is -0.445 e. The lowest BCUT2D eigenvalue weighted by molar-refractivity contribution is 0.104. The molecule has 0 spiro atoms. The molecule has 1 N–H and O–H groups in total. The summed E-state index contributed by atoms with van der Waals surface area (Å²) >= 11 is 0. The van der Waals surface area contributed by atoms with Gasteiger partial charge in [0.05, 0.1) is 5.25 Å². The summed E-state index contributed by atoms with van der Waals surface area (Å²) in [7, 11) is -3.49. The lowest BCUT2D eigenvalue weighted by atomic mass is 10.2. The number of amides is 1. The van der Waals surface area contributed by atoms with Crippen molar-refractivity contribution in [1.82, 2.24) is 14.6 Å². The van der Waals surface area contributed by atoms with Gasteiger partial charge in [0, 0.05) is 37.9 Å². The summed E-state index contributed by atoms with van der Waals surface area (Å²) in [5.41, 5.74) is 1.73. The Labute approximate surface area is 159 Å². The predicted octanol–water partition coefficient (Wildman–Crippen LogP) is 1.95. The standard InChI is InChI=1S/C19H23N3O4S/c23-19(26-15-16-6-2-1-3-7-16)22-13-10-18(14-22)27(24,25)21-12-9-17-8-4-5-11-20-17/h1-8,11,18,21H,9-10,12-15H2. The Morgan fingerprint density at radius 2 is 1.96 bits per heavy atom. The summed E-state index contributed by atoms with van der Waals surface area (Å²) in [4.78, 5) is 17.8. The van der Waals surface area contributed by atoms with Crippen molar-refractivity contribution in [3.8, 4) is 0 Å². The molecule has 1 aliphatic heterocycles. The SMILES string of the molecule is O=C(OCc1ccccc1)N1CCC(S(=O)(=O)NCCc2ccccn2)C1. The maximum atomic E-state index is 12.5. The molecule has 1 aliphatic rings. The van der Waals surface area contributed by atoms with Crippen molar-refractivity contribution in [2.75, 3.05) is 19.6 Å². The van der Waals surface area contributed by atoms with Gasteiger partial charge < -0.3 is 9.64 Å². The molecule has 1 fully saturated rings. The van der Waals surface area contributed by atoms with Gasteiger partial charge in [-0.25, -0.2) is 17.9 Å². The second-order valence-corrected chi connectivity index (χ2v) is 8.45. The molecule has 1 aromatic carbocycles. The van der Waals surface area contributed by atoms with Crippen LogP contribution in [0.5, 0.6) is 0 Å². The maximum absolute atomic E-state index is 12.5. The lowest BCUT2D eigenvalue weighted by Gasteiger charge is -2.17. The van der Waals surface area contributed by atoms with E-state index in [4.69, 9.17) is 4.74 Å². The monoisotopic (exact) mass is 389 g/mol. The van der Waals surface area contributed by atoms with Gasteiger partial charge in [-0.3, -0.25) is 4.98 Å². The van der Waals surface area contributed by atoms with Crippen LogP contribution in [0.4, 0.5) is 4.79 Å². The third-order valence-electron chi connectivity index (χ3n) is 4.46. The average molecular weight is 389 g/mol. The van der Waals surface area contributed by atoms with Crippen LogP contribution in [0.25, 0.3) is 0 Å². The second kappa shape index (κ2) is 8.96. The van der Waals surface area contributed by atoms with E-state index in [1.54, 1.807) is 6.20 Å². The van der Waals surface area contributed by atoms with Crippen LogP contribution in [-0.4, -0.2) is 49.3 Å². The molecular weight excluding hydrogens is 366 g/mol. The van der Waals surface area contributed by atoms with Gasteiger partial charge in [0.2, 0.25) is 10.0 Å². The van der Waals surface area contributed by atoms with Crippen molar-refractivity contribution in [3.05, 3.63) is 66.0 Å². The minimum absolute atomic E-state index is 0.145. The van der Waals surface area contributed by atoms with Crippen LogP contribution in [0.1, 0.15) is 17.7 Å². The van der Waals surface area contributed by atoms with E-state index in [1.807, 2.05) is 48.5 Å². The van der Waals surface area contributed by atoms with Crippen LogP contribution in [-0.2, 0) is 27.8 Å². The highest BCUT2D eigenvalue weighted by Crippen LogP contribution is 2.17. The molecule has 144 valence electrons. The zero-order valence-corrected chi connectivity index (χ0v) is 15.8. The maximum Gasteiger partial charge on any atom is 0.410 e. The van der Waals surface area contributed by atoms with Crippen LogP contribution in [0.15, 0.2) is 54.7 Å². The molecule has 1 unspecified atom stereocenters. The molecule has 2 aromatic rings. The number of benzene rings is 1. The number of rotatable bonds is 7. The van der Waals surface area contributed by atoms with Gasteiger partial charge in [0.1, 0.15) is 6.61 Å². The molecule has 7 nitrogen and oxygen atoms in total. The van der Waals surface area contributed by atoms with Gasteiger partial charge in [0.15, 0.2) is 0 Å². The zero-order valence-electron chi connectivity index (χ0n) is 15.0. The highest BCUT2D eigenvalue weighted by Gasteiger charge is 2.35. The van der Waals surface area contributed by atoms with Crippen molar-refractivity contribution in [2.45, 2.75) is 24.7 Å². The third-order valence-corrected chi connectivity index (χ3v) is 6.33. The zero-order chi connectivity index (χ0) is 19.1. The van der Waals surface area contributed by atoms with Gasteiger partial charge in [-0.2, -0.15) is 0 Å². The van der Waals surface area contributed by atoms with Gasteiger partial charge in [-0.1, -0.05) is 36.4 Å². The number of hydrogen-bond acceptors (Lipinski definition) is 5. The van der Waals surface area contributed by atoms with Gasteiger partial charge in [-0.05, 0) is 24.1 Å². The predicted molar refractivity (Wildman–Crippen MR) is 101 cm³/mol. The number of nitrogens with zero attached hydrogens (tertiary/aromatic N) is 2. The number of pyridine rings is 1. The molecule has 1 aromatic heterocycles. The van der Waals surface area contributed by atoms with E-state index >= 15 is 0 Å². The molecule has 27 heavy (non-hydrogen) atoms. The first-order valence-electron chi connectivity index (χ1n) is 8.88. The number of likely N-dealkylation sites (tertiary alicyclic amines) is 1. The fourth-order valence-electron chi connectivity index (χ4n) is 2.94. The Bertz CT molecular complexity index is 844. The average Bonchev–Trinajstić information content (AvgIpc) is 3.19. The highest BCUT2D eigenvalue weighted by molar-refractivity contribution is 7.90. The Hall–Kier alpha value is -2.45. The molecule has 1 saturated heterocycles. The number of hydrogen-bond donors (Lipinski definition) is 1. The van der Waals surface area contributed by atoms with Crippen LogP contribution in [0, 0.1) is 0 Å². The third kappa shape index (κ3) is 5.51. The van der Waals surface area contributed by atoms with Crippen molar-refractivity contribution >= 4 is 16.1 Å². The van der Waals surface area contributed by atoms with Gasteiger partial charge in [-0.15, -0.1) is 0 Å². The highest BCUT2D eigenvalue weighted by atomic mass is 32.2. The molecule has 8 heteroatoms. The first-order chi connectivity index (χ1) is 13.0. The van der Waals surface area contributed by atoms with Gasteiger partial charge in [0.25, 0.3) is 0 Å². The van der Waals surface area contributed by atoms with E-state index in [0.29, 0.717) is 19.4 Å². The molecule has 0 saturated carbocycles. The molecule has 0 radical (unpaired) electrons. The van der Waals surface area contributed by atoms with Crippen molar-refractivity contribution in [3.63, 3.8) is 0 Å². The molecular formula is C19H23N3O4S. The first kappa shape index (κ1) is 19.3. The molecule has 0 bridgehead atoms. The summed E-state index contributed by atoms with van der Waals surface area (Å²) in [6.07, 6.45) is 2.12. The fourth-order valence-corrected chi connectivity index (χ4v) is 4.36. The largest absolute Gasteiger partial charge is 0.445 e. The number of aromatic nitrogens is 1. The van der Waals surface area contributed by atoms with Crippen LogP contribution in [0.3, 0.4) is 0 Å². The van der Waals surface area contributed by atoms with Gasteiger partial charge >= 0.3 is 6.09 Å². The quantitative estimate of drug-likeness (QED) is 0.782. The lowest BCUT2D eigenvalue weighted by Crippen LogP contribution is -2.38. The Morgan fingerprint density at radius 3 is 2.70 bits per heavy atom. The summed E-state index contributed by atoms with van der Waals surface area (Å²) in [6.45, 7) is 0.982. The summed E-state index contributed by atoms with van der Waals surface area (Å²) in [5.74, 6) is 0. The van der Waals surface area contributed by atoms with Crippen molar-refractivity contribution in [2.24, 2.45) is 0 Å². The number of carbonyl (C=O) groups excluding carboxylic acids is 1. The van der Waals surface area contributed by atoms with E-state index in [2.05, 4.69) is 9.71 Å². The number of ether oxygens (including phenoxy) is 1. The second-order valence-electron chi connectivity index (χ2n) is 6.41. The summed E-state index contributed by atoms with van der Waals surface area (Å²) in [6, 6.07) is 14.9. The van der Waals surface area contributed by atoms with E-state index in [9.17, 15) is 13.2 Å². The molecule has 3 rings (SSSR count). The molecule has 1 amide bonds. The van der Waals surface area contributed by atoms with Crippen LogP contribution in [0.2, 0.25) is 0 Å². The van der Waals surface area contributed by atoms with E-state index in [1.165, 1.54) is 4.90 Å². The first-order valence-corrected chi connectivity index (χ1v) is 10.4. The summed E-state index contributed by atoms with van der Waals surface area (Å²) in [5, 5.41) is -0.620. The molecule has 0 aliphatic carbocycles. The molecule has 2 heterocycles. The van der Waals surface area contributed by atoms with E-state index in [-0.39, 0.29) is 19.7 Å². The van der Waals surface area contributed by atoms with Crippen molar-refractivity contribution in [1.29, 1.82) is 0 Å². The van der Waals surface area contributed by atoms with Crippen LogP contribution < -0.4 is 4.72 Å². The van der Waals surface area contributed by atoms with Crippen molar-refractivity contribution < 1.29 is 17.9 Å². The minimum atomic E-state index is -3.49. The number of carbonyl (C=O) groups is 1. The number of sulfonamides is 1. The fraction of sp³-hybridized carbons (Fsp3) is 0.368. The van der Waals surface area contributed by atoms with E-state index < -0.39 is 21.4 Å².